The molecule has 5 nitrogen and oxygen atoms in total. The molecule has 3 N–H and O–H groups in total. The van der Waals surface area contributed by atoms with Gasteiger partial charge in [-0.2, -0.15) is 5.10 Å². The van der Waals surface area contributed by atoms with Gasteiger partial charge in [0, 0.05) is 53.9 Å². The van der Waals surface area contributed by atoms with Crippen LogP contribution in [0.5, 0.6) is 0 Å². The van der Waals surface area contributed by atoms with Crippen LogP contribution in [0, 0.1) is 5.92 Å². The molecule has 0 spiro atoms. The maximum absolute atomic E-state index is 4.46. The van der Waals surface area contributed by atoms with Crippen LogP contribution in [0.15, 0.2) is 48.9 Å². The van der Waals surface area contributed by atoms with Crippen molar-refractivity contribution in [2.24, 2.45) is 5.92 Å². The van der Waals surface area contributed by atoms with E-state index in [-0.39, 0.29) is 0 Å². The summed E-state index contributed by atoms with van der Waals surface area (Å²) in [7, 11) is 0. The zero-order chi connectivity index (χ0) is 20.6. The Hall–Kier alpha value is -2.56. The molecule has 0 saturated heterocycles. The van der Waals surface area contributed by atoms with Gasteiger partial charge < -0.3 is 10.6 Å². The van der Waals surface area contributed by atoms with Gasteiger partial charge in [-0.15, -0.1) is 0 Å². The van der Waals surface area contributed by atoms with Crippen molar-refractivity contribution in [3.8, 4) is 0 Å². The lowest BCUT2D eigenvalue weighted by atomic mass is 9.98. The summed E-state index contributed by atoms with van der Waals surface area (Å²) in [6.45, 7) is 13.7. The maximum atomic E-state index is 4.46. The Morgan fingerprint density at radius 3 is 2.86 bits per heavy atom. The van der Waals surface area contributed by atoms with Crippen molar-refractivity contribution in [1.29, 1.82) is 0 Å². The number of hydrogen-bond acceptors (Lipinski definition) is 4. The highest BCUT2D eigenvalue weighted by Gasteiger charge is 2.27. The van der Waals surface area contributed by atoms with E-state index in [4.69, 9.17) is 0 Å². The number of nitrogens with one attached hydrogen (secondary N) is 3. The molecular formula is C24H35N5. The maximum Gasteiger partial charge on any atom is 0.152 e. The Morgan fingerprint density at radius 1 is 1.21 bits per heavy atom. The van der Waals surface area contributed by atoms with Crippen molar-refractivity contribution in [3.63, 3.8) is 0 Å². The van der Waals surface area contributed by atoms with E-state index < -0.39 is 0 Å². The summed E-state index contributed by atoms with van der Waals surface area (Å²) < 4.78 is 0. The van der Waals surface area contributed by atoms with E-state index in [1.54, 1.807) is 0 Å². The lowest BCUT2D eigenvalue weighted by Crippen LogP contribution is -2.15. The molecule has 3 rings (SSSR count). The topological polar surface area (TPSA) is 65.6 Å². The minimum absolute atomic E-state index is 0.558. The van der Waals surface area contributed by atoms with Crippen molar-refractivity contribution < 1.29 is 0 Å². The average Bonchev–Trinajstić information content (AvgIpc) is 3.36. The van der Waals surface area contributed by atoms with Crippen LogP contribution in [-0.4, -0.2) is 21.7 Å². The van der Waals surface area contributed by atoms with Gasteiger partial charge in [-0.3, -0.25) is 10.1 Å². The summed E-state index contributed by atoms with van der Waals surface area (Å²) in [5.74, 6) is 2.13. The number of aromatic amines is 1. The number of H-pyrrole nitrogens is 1. The van der Waals surface area contributed by atoms with Crippen molar-refractivity contribution in [3.05, 3.63) is 65.9 Å². The van der Waals surface area contributed by atoms with E-state index in [1.807, 2.05) is 12.3 Å². The molecule has 0 bridgehead atoms. The Bertz CT molecular complexity index is 822. The van der Waals surface area contributed by atoms with E-state index in [9.17, 15) is 0 Å². The molecule has 29 heavy (non-hydrogen) atoms. The van der Waals surface area contributed by atoms with Crippen LogP contribution in [0.1, 0.15) is 68.8 Å². The van der Waals surface area contributed by atoms with Crippen LogP contribution >= 0.6 is 0 Å². The molecule has 1 fully saturated rings. The van der Waals surface area contributed by atoms with Crippen LogP contribution in [0.4, 0.5) is 5.82 Å². The number of allylic oxidation sites excluding steroid dienone is 2. The molecule has 2 aromatic heterocycles. The summed E-state index contributed by atoms with van der Waals surface area (Å²) in [5, 5.41) is 14.5. The van der Waals surface area contributed by atoms with Gasteiger partial charge in [-0.1, -0.05) is 27.0 Å². The fourth-order valence-corrected chi connectivity index (χ4v) is 4.18. The van der Waals surface area contributed by atoms with Gasteiger partial charge in [-0.05, 0) is 62.1 Å². The normalized spacial score (nSPS) is 18.6. The number of aromatic nitrogens is 3. The summed E-state index contributed by atoms with van der Waals surface area (Å²) in [4.78, 5) is 4.36. The van der Waals surface area contributed by atoms with E-state index in [0.29, 0.717) is 11.8 Å². The number of rotatable bonds is 11. The zero-order valence-corrected chi connectivity index (χ0v) is 17.9. The number of pyridine rings is 1. The zero-order valence-electron chi connectivity index (χ0n) is 17.9. The first-order chi connectivity index (χ1) is 14.1. The Morgan fingerprint density at radius 2 is 2.07 bits per heavy atom. The molecule has 0 amide bonds. The average molecular weight is 394 g/mol. The number of aryl methyl sites for hydroxylation is 1. The Balaban J connectivity index is 1.49. The Labute approximate surface area is 175 Å². The van der Waals surface area contributed by atoms with E-state index in [1.165, 1.54) is 36.2 Å². The first kappa shape index (κ1) is 21.2. The lowest BCUT2D eigenvalue weighted by molar-refractivity contribution is 0.513. The lowest BCUT2D eigenvalue weighted by Gasteiger charge is -2.14. The molecule has 1 aliphatic rings. The molecule has 2 aromatic rings. The van der Waals surface area contributed by atoms with Gasteiger partial charge in [0.1, 0.15) is 0 Å². The standard InChI is InChI=1S/C24H35N5/c1-5-10-25-17(3)12-19-7-8-21(14-19)23-16-24(29-28-23)27-18(4)13-20-9-11-26-22(6-2)15-20/h9,11,15-16,19,21,25H,3-8,10,12-14H2,1-2H3,(H2,27,28,29). The van der Waals surface area contributed by atoms with Crippen LogP contribution in [0.25, 0.3) is 0 Å². The molecule has 2 unspecified atom stereocenters. The predicted octanol–water partition coefficient (Wildman–Crippen LogP) is 5.32. The molecule has 156 valence electrons. The summed E-state index contributed by atoms with van der Waals surface area (Å²) in [5.41, 5.74) is 5.69. The van der Waals surface area contributed by atoms with Gasteiger partial charge in [0.05, 0.1) is 0 Å². The van der Waals surface area contributed by atoms with Crippen molar-refractivity contribution >= 4 is 5.82 Å². The first-order valence-corrected chi connectivity index (χ1v) is 10.9. The van der Waals surface area contributed by atoms with Crippen LogP contribution in [0.3, 0.4) is 0 Å². The molecule has 2 heterocycles. The minimum atomic E-state index is 0.558. The van der Waals surface area contributed by atoms with Gasteiger partial charge in [-0.25, -0.2) is 0 Å². The highest BCUT2D eigenvalue weighted by atomic mass is 15.2. The van der Waals surface area contributed by atoms with E-state index in [2.05, 4.69) is 65.0 Å². The van der Waals surface area contributed by atoms with E-state index in [0.717, 1.165) is 49.4 Å². The second kappa shape index (κ2) is 10.3. The molecule has 0 aromatic carbocycles. The third-order valence-electron chi connectivity index (χ3n) is 5.70. The second-order valence-electron chi connectivity index (χ2n) is 8.23. The van der Waals surface area contributed by atoms with Gasteiger partial charge in [0.25, 0.3) is 0 Å². The molecule has 0 radical (unpaired) electrons. The quantitative estimate of drug-likeness (QED) is 0.483. The second-order valence-corrected chi connectivity index (χ2v) is 8.23. The summed E-state index contributed by atoms with van der Waals surface area (Å²) >= 11 is 0. The largest absolute Gasteiger partial charge is 0.389 e. The minimum Gasteiger partial charge on any atom is -0.389 e. The van der Waals surface area contributed by atoms with Crippen molar-refractivity contribution in [2.75, 3.05) is 11.9 Å². The van der Waals surface area contributed by atoms with Crippen molar-refractivity contribution in [1.82, 2.24) is 20.5 Å². The number of nitrogens with zero attached hydrogens (tertiary/aromatic N) is 2. The molecule has 2 atom stereocenters. The first-order valence-electron chi connectivity index (χ1n) is 10.9. The predicted molar refractivity (Wildman–Crippen MR) is 121 cm³/mol. The molecule has 1 saturated carbocycles. The highest BCUT2D eigenvalue weighted by molar-refractivity contribution is 5.43. The van der Waals surface area contributed by atoms with E-state index >= 15 is 0 Å². The van der Waals surface area contributed by atoms with Gasteiger partial charge in [0.15, 0.2) is 5.82 Å². The smallest absolute Gasteiger partial charge is 0.152 e. The molecular weight excluding hydrogens is 358 g/mol. The molecule has 0 aliphatic heterocycles. The third-order valence-corrected chi connectivity index (χ3v) is 5.70. The molecule has 5 heteroatoms. The fraction of sp³-hybridized carbons (Fsp3) is 0.500. The monoisotopic (exact) mass is 393 g/mol. The summed E-state index contributed by atoms with van der Waals surface area (Å²) in [6, 6.07) is 6.33. The number of hydrogen-bond donors (Lipinski definition) is 3. The Kier molecular flexibility index (Phi) is 7.50. The van der Waals surface area contributed by atoms with Crippen LogP contribution in [-0.2, 0) is 12.8 Å². The highest BCUT2D eigenvalue weighted by Crippen LogP contribution is 2.40. The van der Waals surface area contributed by atoms with Gasteiger partial charge in [0.2, 0.25) is 0 Å². The molecule has 1 aliphatic carbocycles. The van der Waals surface area contributed by atoms with Crippen LogP contribution < -0.4 is 10.6 Å². The third kappa shape index (κ3) is 6.21. The van der Waals surface area contributed by atoms with Crippen molar-refractivity contribution in [2.45, 2.75) is 64.7 Å². The fourth-order valence-electron chi connectivity index (χ4n) is 4.18. The number of anilines is 1. The summed E-state index contributed by atoms with van der Waals surface area (Å²) in [6.07, 6.45) is 9.49. The van der Waals surface area contributed by atoms with Crippen LogP contribution in [0.2, 0.25) is 0 Å². The SMILES string of the molecule is C=C(CC1CCC(c2cc(NC(=C)Cc3ccnc(CC)c3)n[nH]2)C1)NCCC. The van der Waals surface area contributed by atoms with Gasteiger partial charge >= 0.3 is 0 Å².